The predicted molar refractivity (Wildman–Crippen MR) is 108 cm³/mol. The minimum Gasteiger partial charge on any atom is -0.322 e. The number of hydrogen-bond donors (Lipinski definition) is 2. The van der Waals surface area contributed by atoms with E-state index in [0.29, 0.717) is 22.6 Å². The quantitative estimate of drug-likeness (QED) is 0.657. The minimum atomic E-state index is -0.270. The van der Waals surface area contributed by atoms with Gasteiger partial charge in [-0.2, -0.15) is 0 Å². The molecule has 5 heteroatoms. The second-order valence-corrected chi connectivity index (χ2v) is 6.42. The molecule has 3 aromatic rings. The maximum atomic E-state index is 12.2. The molecule has 1 amide bonds. The van der Waals surface area contributed by atoms with Crippen LogP contribution in [0.15, 0.2) is 53.3 Å². The average Bonchev–Trinajstić information content (AvgIpc) is 2.61. The lowest BCUT2D eigenvalue weighted by Gasteiger charge is -2.09. The summed E-state index contributed by atoms with van der Waals surface area (Å²) in [4.78, 5) is 27.2. The van der Waals surface area contributed by atoms with Gasteiger partial charge in [0.15, 0.2) is 0 Å². The van der Waals surface area contributed by atoms with Gasteiger partial charge in [0.25, 0.3) is 5.56 Å². The molecule has 0 aliphatic rings. The molecule has 132 valence electrons. The number of aryl methyl sites for hydroxylation is 1. The van der Waals surface area contributed by atoms with Crippen molar-refractivity contribution < 1.29 is 4.79 Å². The zero-order valence-electron chi connectivity index (χ0n) is 14.6. The van der Waals surface area contributed by atoms with E-state index in [1.54, 1.807) is 18.2 Å². The summed E-state index contributed by atoms with van der Waals surface area (Å²) in [5.74, 6) is -0.270. The molecule has 0 atom stereocenters. The molecule has 0 saturated heterocycles. The van der Waals surface area contributed by atoms with Crippen LogP contribution in [-0.4, -0.2) is 10.9 Å². The maximum absolute atomic E-state index is 12.2. The Balaban J connectivity index is 1.84. The molecule has 3 rings (SSSR count). The first kappa shape index (κ1) is 18.0. The summed E-state index contributed by atoms with van der Waals surface area (Å²) in [6.45, 7) is 3.91. The normalized spacial score (nSPS) is 11.2. The average molecular weight is 367 g/mol. The van der Waals surface area contributed by atoms with E-state index in [4.69, 9.17) is 11.6 Å². The summed E-state index contributed by atoms with van der Waals surface area (Å²) in [6, 6.07) is 12.8. The summed E-state index contributed by atoms with van der Waals surface area (Å²) in [6.07, 6.45) is 3.78. The van der Waals surface area contributed by atoms with Crippen molar-refractivity contribution in [3.63, 3.8) is 0 Å². The van der Waals surface area contributed by atoms with Crippen LogP contribution in [0.5, 0.6) is 0 Å². The molecule has 0 bridgehead atoms. The van der Waals surface area contributed by atoms with E-state index in [-0.39, 0.29) is 11.5 Å². The fourth-order valence-corrected chi connectivity index (χ4v) is 3.17. The van der Waals surface area contributed by atoms with Gasteiger partial charge in [-0.15, -0.1) is 0 Å². The fraction of sp³-hybridized carbons (Fsp3) is 0.143. The first-order valence-electron chi connectivity index (χ1n) is 8.38. The van der Waals surface area contributed by atoms with Gasteiger partial charge in [0.2, 0.25) is 5.91 Å². The number of H-pyrrole nitrogens is 1. The van der Waals surface area contributed by atoms with Crippen LogP contribution in [0.3, 0.4) is 0 Å². The number of halogens is 1. The van der Waals surface area contributed by atoms with E-state index in [1.807, 2.05) is 44.2 Å². The van der Waals surface area contributed by atoms with Crippen molar-refractivity contribution in [2.75, 3.05) is 5.32 Å². The van der Waals surface area contributed by atoms with E-state index in [9.17, 15) is 9.59 Å². The van der Waals surface area contributed by atoms with Crippen molar-refractivity contribution in [1.29, 1.82) is 0 Å². The number of amides is 1. The largest absolute Gasteiger partial charge is 0.322 e. The third-order valence-electron chi connectivity index (χ3n) is 4.34. The van der Waals surface area contributed by atoms with Gasteiger partial charge in [-0.05, 0) is 48.7 Å². The Morgan fingerprint density at radius 2 is 2.00 bits per heavy atom. The maximum Gasteiger partial charge on any atom is 0.251 e. The molecular weight excluding hydrogens is 348 g/mol. The highest BCUT2D eigenvalue weighted by molar-refractivity contribution is 6.32. The zero-order valence-corrected chi connectivity index (χ0v) is 15.4. The zero-order chi connectivity index (χ0) is 18.7. The third-order valence-corrected chi connectivity index (χ3v) is 4.68. The lowest BCUT2D eigenvalue weighted by atomic mass is 10.0. The first-order chi connectivity index (χ1) is 12.5. The Hall–Kier alpha value is -2.85. The molecular formula is C21H19ClN2O2. The topological polar surface area (TPSA) is 62.0 Å². The Morgan fingerprint density at radius 3 is 2.73 bits per heavy atom. The van der Waals surface area contributed by atoms with E-state index in [0.717, 1.165) is 22.1 Å². The number of aromatic amines is 1. The van der Waals surface area contributed by atoms with E-state index in [2.05, 4.69) is 10.3 Å². The number of fused-ring (bicyclic) bond motifs is 1. The molecule has 0 unspecified atom stereocenters. The second-order valence-electron chi connectivity index (χ2n) is 6.02. The molecule has 1 heterocycles. The number of rotatable bonds is 4. The van der Waals surface area contributed by atoms with Crippen LogP contribution in [0.4, 0.5) is 5.69 Å². The number of aromatic nitrogens is 1. The van der Waals surface area contributed by atoms with Gasteiger partial charge in [-0.25, -0.2) is 0 Å². The number of carbonyl (C=O) groups is 1. The van der Waals surface area contributed by atoms with Crippen LogP contribution in [0, 0.1) is 6.92 Å². The van der Waals surface area contributed by atoms with Gasteiger partial charge in [0, 0.05) is 27.7 Å². The van der Waals surface area contributed by atoms with Gasteiger partial charge in [-0.3, -0.25) is 9.59 Å². The number of nitrogens with one attached hydrogen (secondary N) is 2. The van der Waals surface area contributed by atoms with Crippen molar-refractivity contribution in [2.24, 2.45) is 0 Å². The number of anilines is 1. The van der Waals surface area contributed by atoms with E-state index >= 15 is 0 Å². The van der Waals surface area contributed by atoms with Crippen LogP contribution in [0.1, 0.15) is 23.6 Å². The van der Waals surface area contributed by atoms with Crippen LogP contribution in [0.25, 0.3) is 17.0 Å². The molecule has 0 aliphatic heterocycles. The summed E-state index contributed by atoms with van der Waals surface area (Å²) >= 11 is 6.07. The lowest BCUT2D eigenvalue weighted by Crippen LogP contribution is -2.14. The molecule has 0 spiro atoms. The Morgan fingerprint density at radius 1 is 1.23 bits per heavy atom. The number of carbonyl (C=O) groups excluding carboxylic acids is 1. The minimum absolute atomic E-state index is 0.0837. The molecule has 1 aromatic heterocycles. The van der Waals surface area contributed by atoms with Crippen LogP contribution in [0.2, 0.25) is 5.02 Å². The first-order valence-corrected chi connectivity index (χ1v) is 8.76. The van der Waals surface area contributed by atoms with Gasteiger partial charge in [0.05, 0.1) is 5.52 Å². The molecule has 26 heavy (non-hydrogen) atoms. The fourth-order valence-electron chi connectivity index (χ4n) is 2.97. The molecule has 2 N–H and O–H groups in total. The molecule has 4 nitrogen and oxygen atoms in total. The number of pyridine rings is 1. The highest BCUT2D eigenvalue weighted by atomic mass is 35.5. The third kappa shape index (κ3) is 3.70. The highest BCUT2D eigenvalue weighted by Gasteiger charge is 2.08. The van der Waals surface area contributed by atoms with Gasteiger partial charge >= 0.3 is 0 Å². The molecule has 0 aliphatic carbocycles. The van der Waals surface area contributed by atoms with Crippen molar-refractivity contribution in [3.05, 3.63) is 80.6 Å². The molecule has 0 saturated carbocycles. The second kappa shape index (κ2) is 7.58. The monoisotopic (exact) mass is 366 g/mol. The van der Waals surface area contributed by atoms with Crippen molar-refractivity contribution in [3.8, 4) is 0 Å². The van der Waals surface area contributed by atoms with Crippen molar-refractivity contribution in [1.82, 2.24) is 4.98 Å². The lowest BCUT2D eigenvalue weighted by molar-refractivity contribution is -0.111. The highest BCUT2D eigenvalue weighted by Crippen LogP contribution is 2.22. The molecule has 2 aromatic carbocycles. The van der Waals surface area contributed by atoms with Crippen molar-refractivity contribution >= 4 is 40.2 Å². The predicted octanol–water partition coefficient (Wildman–Crippen LogP) is 4.70. The molecule has 0 fully saturated rings. The summed E-state index contributed by atoms with van der Waals surface area (Å²) in [7, 11) is 0. The van der Waals surface area contributed by atoms with Crippen molar-refractivity contribution in [2.45, 2.75) is 20.3 Å². The van der Waals surface area contributed by atoms with Crippen LogP contribution >= 0.6 is 11.6 Å². The van der Waals surface area contributed by atoms with Crippen LogP contribution < -0.4 is 10.9 Å². The number of hydrogen-bond acceptors (Lipinski definition) is 2. The Labute approximate surface area is 156 Å². The Bertz CT molecular complexity index is 1070. The van der Waals surface area contributed by atoms with Crippen LogP contribution in [-0.2, 0) is 11.2 Å². The van der Waals surface area contributed by atoms with Gasteiger partial charge < -0.3 is 10.3 Å². The number of benzene rings is 2. The standard InChI is InChI=1S/C21H19ClN2O2/c1-3-16-13(2)17-10-9-15(12-19(17)24-21(16)26)23-20(25)11-8-14-6-4-5-7-18(14)22/h4-12H,3H2,1-2H3,(H,23,25)(H,24,26)/b11-8+. The summed E-state index contributed by atoms with van der Waals surface area (Å²) < 4.78 is 0. The smallest absolute Gasteiger partial charge is 0.251 e. The Kier molecular flexibility index (Phi) is 5.24. The summed E-state index contributed by atoms with van der Waals surface area (Å²) in [5, 5.41) is 4.36. The van der Waals surface area contributed by atoms with Gasteiger partial charge in [-0.1, -0.05) is 42.8 Å². The summed E-state index contributed by atoms with van der Waals surface area (Å²) in [5.41, 5.74) is 3.78. The molecule has 0 radical (unpaired) electrons. The van der Waals surface area contributed by atoms with E-state index < -0.39 is 0 Å². The van der Waals surface area contributed by atoms with Gasteiger partial charge in [0.1, 0.15) is 0 Å². The SMILES string of the molecule is CCc1c(C)c2ccc(NC(=O)/C=C/c3ccccc3Cl)cc2[nH]c1=O. The van der Waals surface area contributed by atoms with E-state index in [1.165, 1.54) is 6.08 Å².